The third kappa shape index (κ3) is 7.12. The van der Waals surface area contributed by atoms with Gasteiger partial charge >= 0.3 is 0 Å². The summed E-state index contributed by atoms with van der Waals surface area (Å²) in [6.07, 6.45) is 12.2. The Balaban J connectivity index is 0.00000172. The van der Waals surface area contributed by atoms with Crippen molar-refractivity contribution in [3.8, 4) is 0 Å². The van der Waals surface area contributed by atoms with E-state index in [1.807, 2.05) is 39.0 Å². The Kier molecular flexibility index (Phi) is 8.61. The van der Waals surface area contributed by atoms with E-state index < -0.39 is 10.5 Å². The summed E-state index contributed by atoms with van der Waals surface area (Å²) < 4.78 is 0. The lowest BCUT2D eigenvalue weighted by Crippen LogP contribution is -2.20. The molecule has 0 aliphatic heterocycles. The predicted octanol–water partition coefficient (Wildman–Crippen LogP) is 4.72. The molecule has 0 heterocycles. The van der Waals surface area contributed by atoms with E-state index in [1.165, 1.54) is 5.57 Å². The average Bonchev–Trinajstić information content (AvgIpc) is 2.62. The first-order chi connectivity index (χ1) is 9.45. The van der Waals surface area contributed by atoms with Gasteiger partial charge in [0.25, 0.3) is 5.09 Å². The van der Waals surface area contributed by atoms with Crippen LogP contribution in [0.1, 0.15) is 47.5 Å². The molecule has 114 valence electrons. The van der Waals surface area contributed by atoms with Crippen LogP contribution in [0.2, 0.25) is 0 Å². The Morgan fingerprint density at radius 2 is 2.05 bits per heavy atom. The largest absolute Gasteiger partial charge is 0.313 e. The molecule has 4 nitrogen and oxygen atoms in total. The number of allylic oxidation sites excluding steroid dienone is 4. The van der Waals surface area contributed by atoms with Gasteiger partial charge in [0.1, 0.15) is 6.61 Å². The van der Waals surface area contributed by atoms with Crippen LogP contribution < -0.4 is 0 Å². The van der Waals surface area contributed by atoms with E-state index in [0.717, 1.165) is 12.8 Å². The molecule has 0 aromatic heterocycles. The molecule has 0 spiro atoms. The first-order valence-corrected chi connectivity index (χ1v) is 7.30. The summed E-state index contributed by atoms with van der Waals surface area (Å²) in [5.74, 6) is 0.647. The highest BCUT2D eigenvalue weighted by Crippen LogP contribution is 2.26. The van der Waals surface area contributed by atoms with E-state index in [-0.39, 0.29) is 6.61 Å². The van der Waals surface area contributed by atoms with Gasteiger partial charge in [-0.1, -0.05) is 71.4 Å². The van der Waals surface area contributed by atoms with Gasteiger partial charge < -0.3 is 4.84 Å². The van der Waals surface area contributed by atoms with Crippen LogP contribution in [-0.4, -0.2) is 11.7 Å². The van der Waals surface area contributed by atoms with Gasteiger partial charge in [0.15, 0.2) is 0 Å². The number of hydrogen-bond acceptors (Lipinski definition) is 3. The van der Waals surface area contributed by atoms with Crippen molar-refractivity contribution in [2.24, 2.45) is 11.3 Å². The SMILES string of the molecule is CC.CCC(C)CC1=CC=CC(C)(CO[N+](=O)[O-])C=C1. The minimum atomic E-state index is -0.745. The highest BCUT2D eigenvalue weighted by atomic mass is 16.9. The molecule has 0 aromatic rings. The van der Waals surface area contributed by atoms with Crippen LogP contribution in [0.15, 0.2) is 36.0 Å². The van der Waals surface area contributed by atoms with Crippen LogP contribution >= 0.6 is 0 Å². The maximum Gasteiger partial charge on any atom is 0.294 e. The molecule has 1 aliphatic carbocycles. The molecule has 0 bridgehead atoms. The monoisotopic (exact) mass is 281 g/mol. The molecule has 2 unspecified atom stereocenters. The number of nitrogens with zero attached hydrogens (tertiary/aromatic N) is 1. The third-order valence-corrected chi connectivity index (χ3v) is 3.23. The van der Waals surface area contributed by atoms with Crippen LogP contribution in [0.3, 0.4) is 0 Å². The molecule has 1 aliphatic rings. The topological polar surface area (TPSA) is 52.4 Å². The van der Waals surface area contributed by atoms with E-state index in [1.54, 1.807) is 0 Å². The van der Waals surface area contributed by atoms with Gasteiger partial charge in [-0.25, -0.2) is 0 Å². The van der Waals surface area contributed by atoms with Gasteiger partial charge in [0, 0.05) is 5.41 Å². The summed E-state index contributed by atoms with van der Waals surface area (Å²) in [5, 5.41) is 9.50. The second-order valence-corrected chi connectivity index (χ2v) is 5.15. The normalized spacial score (nSPS) is 22.1. The summed E-state index contributed by atoms with van der Waals surface area (Å²) in [5.41, 5.74) is 0.839. The Morgan fingerprint density at radius 1 is 1.40 bits per heavy atom. The van der Waals surface area contributed by atoms with E-state index >= 15 is 0 Å². The summed E-state index contributed by atoms with van der Waals surface area (Å²) in [6, 6.07) is 0. The van der Waals surface area contributed by atoms with Crippen molar-refractivity contribution in [3.63, 3.8) is 0 Å². The highest BCUT2D eigenvalue weighted by Gasteiger charge is 2.20. The van der Waals surface area contributed by atoms with Crippen LogP contribution in [-0.2, 0) is 4.84 Å². The molecule has 0 aromatic carbocycles. The van der Waals surface area contributed by atoms with Gasteiger partial charge in [-0.15, -0.1) is 10.1 Å². The van der Waals surface area contributed by atoms with Crippen LogP contribution in [0, 0.1) is 21.4 Å². The van der Waals surface area contributed by atoms with Gasteiger partial charge in [-0.05, 0) is 17.9 Å². The molecule has 2 atom stereocenters. The first kappa shape index (κ1) is 18.4. The van der Waals surface area contributed by atoms with E-state index in [9.17, 15) is 10.1 Å². The quantitative estimate of drug-likeness (QED) is 0.523. The van der Waals surface area contributed by atoms with Crippen LogP contribution in [0.4, 0.5) is 0 Å². The maximum absolute atomic E-state index is 10.2. The Labute approximate surface area is 122 Å². The molecular weight excluding hydrogens is 254 g/mol. The average molecular weight is 281 g/mol. The lowest BCUT2D eigenvalue weighted by molar-refractivity contribution is -0.759. The molecule has 0 saturated heterocycles. The van der Waals surface area contributed by atoms with Crippen molar-refractivity contribution in [2.75, 3.05) is 6.61 Å². The second kappa shape index (κ2) is 9.34. The standard InChI is InChI=1S/C14H21NO3.C2H6/c1-4-12(2)10-13-6-5-8-14(3,9-7-13)11-18-15(16)17;1-2/h5-9,12H,4,10-11H2,1-3H3;1-2H3. The zero-order valence-electron chi connectivity index (χ0n) is 13.3. The van der Waals surface area contributed by atoms with Crippen molar-refractivity contribution in [1.29, 1.82) is 0 Å². The molecule has 1 rings (SSSR count). The minimum absolute atomic E-state index is 0.0530. The molecule has 0 amide bonds. The molecule has 0 radical (unpaired) electrons. The number of rotatable bonds is 6. The van der Waals surface area contributed by atoms with Crippen molar-refractivity contribution < 1.29 is 9.92 Å². The van der Waals surface area contributed by atoms with Gasteiger partial charge in [0.05, 0.1) is 0 Å². The first-order valence-electron chi connectivity index (χ1n) is 7.30. The molecule has 0 fully saturated rings. The maximum atomic E-state index is 10.2. The van der Waals surface area contributed by atoms with Crippen molar-refractivity contribution >= 4 is 0 Å². The fourth-order valence-corrected chi connectivity index (χ4v) is 1.77. The lowest BCUT2D eigenvalue weighted by Gasteiger charge is -2.19. The minimum Gasteiger partial charge on any atom is -0.313 e. The van der Waals surface area contributed by atoms with Gasteiger partial charge in [0.2, 0.25) is 0 Å². The predicted molar refractivity (Wildman–Crippen MR) is 82.8 cm³/mol. The highest BCUT2D eigenvalue weighted by molar-refractivity contribution is 5.31. The van der Waals surface area contributed by atoms with Crippen molar-refractivity contribution in [1.82, 2.24) is 0 Å². The summed E-state index contributed by atoms with van der Waals surface area (Å²) in [6.45, 7) is 10.4. The zero-order chi connectivity index (χ0) is 15.6. The lowest BCUT2D eigenvalue weighted by atomic mass is 9.90. The molecule has 4 heteroatoms. The summed E-state index contributed by atoms with van der Waals surface area (Å²) in [7, 11) is 0. The van der Waals surface area contributed by atoms with E-state index in [4.69, 9.17) is 0 Å². The van der Waals surface area contributed by atoms with Crippen LogP contribution in [0.5, 0.6) is 0 Å². The third-order valence-electron chi connectivity index (χ3n) is 3.23. The summed E-state index contributed by atoms with van der Waals surface area (Å²) >= 11 is 0. The van der Waals surface area contributed by atoms with E-state index in [2.05, 4.69) is 30.8 Å². The van der Waals surface area contributed by atoms with Crippen molar-refractivity contribution in [2.45, 2.75) is 47.5 Å². The zero-order valence-corrected chi connectivity index (χ0v) is 13.3. The smallest absolute Gasteiger partial charge is 0.294 e. The van der Waals surface area contributed by atoms with Crippen LogP contribution in [0.25, 0.3) is 0 Å². The molecule has 20 heavy (non-hydrogen) atoms. The Bertz CT molecular complexity index is 385. The van der Waals surface area contributed by atoms with Gasteiger partial charge in [-0.3, -0.25) is 0 Å². The fourth-order valence-electron chi connectivity index (χ4n) is 1.77. The van der Waals surface area contributed by atoms with Gasteiger partial charge in [-0.2, -0.15) is 0 Å². The van der Waals surface area contributed by atoms with E-state index in [0.29, 0.717) is 5.92 Å². The fraction of sp³-hybridized carbons (Fsp3) is 0.625. The molecule has 0 N–H and O–H groups in total. The second-order valence-electron chi connectivity index (χ2n) is 5.15. The summed E-state index contributed by atoms with van der Waals surface area (Å²) in [4.78, 5) is 14.7. The van der Waals surface area contributed by atoms with Crippen molar-refractivity contribution in [3.05, 3.63) is 46.1 Å². The Morgan fingerprint density at radius 3 is 2.60 bits per heavy atom. The Hall–Kier alpha value is -1.58. The molecule has 0 saturated carbocycles. The molecular formula is C16H27NO3. The number of hydrogen-bond donors (Lipinski definition) is 0.